The Morgan fingerprint density at radius 3 is 2.38 bits per heavy atom. The molecule has 26 heavy (non-hydrogen) atoms. The van der Waals surface area contributed by atoms with Gasteiger partial charge in [0.1, 0.15) is 33.4 Å². The summed E-state index contributed by atoms with van der Waals surface area (Å²) in [6.45, 7) is -0.455. The maximum atomic E-state index is 12.2. The van der Waals surface area contributed by atoms with Gasteiger partial charge in [-0.05, 0) is 18.2 Å². The van der Waals surface area contributed by atoms with E-state index in [0.29, 0.717) is 0 Å². The Bertz CT molecular complexity index is 878. The minimum Gasteiger partial charge on any atom is -0.507 e. The fourth-order valence-corrected chi connectivity index (χ4v) is 3.24. The number of thiophene rings is 1. The molecule has 0 saturated heterocycles. The molecular weight excluding hydrogens is 386 g/mol. The highest BCUT2D eigenvalue weighted by molar-refractivity contribution is 7.18. The number of phenols is 1. The fourth-order valence-electron chi connectivity index (χ4n) is 2.10. The molecule has 8 nitrogen and oxygen atoms in total. The van der Waals surface area contributed by atoms with Crippen LogP contribution in [0.4, 0.5) is 5.00 Å². The van der Waals surface area contributed by atoms with Gasteiger partial charge in [-0.15, -0.1) is 11.3 Å². The standard InChI is InChI=1S/C16H14ClNO7S/c1-23-15(21)11-9(12(16(22)24-2)26-13(11)18)6-25-14(20)8-4-3-7(17)5-10(8)19/h3-5,19H,6,18H2,1-2H3. The van der Waals surface area contributed by atoms with Gasteiger partial charge in [-0.3, -0.25) is 0 Å². The van der Waals surface area contributed by atoms with Gasteiger partial charge in [-0.25, -0.2) is 14.4 Å². The van der Waals surface area contributed by atoms with Crippen LogP contribution in [0, 0.1) is 0 Å². The molecule has 0 bridgehead atoms. The number of phenolic OH excluding ortho intramolecular Hbond substituents is 1. The molecule has 10 heteroatoms. The van der Waals surface area contributed by atoms with Gasteiger partial charge in [0.2, 0.25) is 0 Å². The predicted octanol–water partition coefficient (Wildman–Crippen LogP) is 2.62. The van der Waals surface area contributed by atoms with E-state index < -0.39 is 24.5 Å². The molecule has 1 aromatic heterocycles. The zero-order valence-corrected chi connectivity index (χ0v) is 15.3. The number of ether oxygens (including phenoxy) is 3. The SMILES string of the molecule is COC(=O)c1sc(N)c(C(=O)OC)c1COC(=O)c1ccc(Cl)cc1O. The second kappa shape index (κ2) is 8.07. The van der Waals surface area contributed by atoms with Crippen molar-refractivity contribution < 1.29 is 33.7 Å². The molecule has 0 atom stereocenters. The molecule has 0 unspecified atom stereocenters. The molecule has 0 radical (unpaired) electrons. The smallest absolute Gasteiger partial charge is 0.348 e. The molecule has 2 aromatic rings. The highest BCUT2D eigenvalue weighted by Crippen LogP contribution is 2.33. The third-order valence-electron chi connectivity index (χ3n) is 3.32. The van der Waals surface area contributed by atoms with E-state index >= 15 is 0 Å². The van der Waals surface area contributed by atoms with E-state index in [0.717, 1.165) is 25.6 Å². The Hall–Kier alpha value is -2.78. The van der Waals surface area contributed by atoms with E-state index in [9.17, 15) is 19.5 Å². The predicted molar refractivity (Wildman–Crippen MR) is 93.6 cm³/mol. The molecule has 138 valence electrons. The van der Waals surface area contributed by atoms with Crippen LogP contribution in [-0.2, 0) is 20.8 Å². The number of methoxy groups -OCH3 is 2. The van der Waals surface area contributed by atoms with Crippen molar-refractivity contribution in [2.24, 2.45) is 0 Å². The molecule has 0 aliphatic carbocycles. The summed E-state index contributed by atoms with van der Waals surface area (Å²) in [5.74, 6) is -2.77. The largest absolute Gasteiger partial charge is 0.507 e. The number of nitrogens with two attached hydrogens (primary N) is 1. The number of hydrogen-bond acceptors (Lipinski definition) is 9. The van der Waals surface area contributed by atoms with Crippen molar-refractivity contribution in [3.8, 4) is 5.75 Å². The molecule has 0 amide bonds. The van der Waals surface area contributed by atoms with Gasteiger partial charge >= 0.3 is 17.9 Å². The highest BCUT2D eigenvalue weighted by atomic mass is 35.5. The molecule has 0 fully saturated rings. The van der Waals surface area contributed by atoms with Crippen LogP contribution < -0.4 is 5.73 Å². The monoisotopic (exact) mass is 399 g/mol. The van der Waals surface area contributed by atoms with Crippen molar-refractivity contribution in [1.29, 1.82) is 0 Å². The summed E-state index contributed by atoms with van der Waals surface area (Å²) >= 11 is 6.53. The molecule has 2 rings (SSSR count). The Morgan fingerprint density at radius 2 is 1.81 bits per heavy atom. The average molecular weight is 400 g/mol. The molecule has 0 spiro atoms. The number of rotatable bonds is 5. The number of benzene rings is 1. The molecule has 1 aromatic carbocycles. The van der Waals surface area contributed by atoms with Gasteiger partial charge in [0.15, 0.2) is 0 Å². The maximum Gasteiger partial charge on any atom is 0.348 e. The summed E-state index contributed by atoms with van der Waals surface area (Å²) in [5, 5.41) is 10.0. The minimum absolute atomic E-state index is 0.0125. The van der Waals surface area contributed by atoms with Gasteiger partial charge < -0.3 is 25.1 Å². The lowest BCUT2D eigenvalue weighted by atomic mass is 10.1. The average Bonchev–Trinajstić information content (AvgIpc) is 2.94. The van der Waals surface area contributed by atoms with Gasteiger partial charge in [-0.1, -0.05) is 11.6 Å². The second-order valence-electron chi connectivity index (χ2n) is 4.87. The lowest BCUT2D eigenvalue weighted by molar-refractivity contribution is 0.0449. The summed E-state index contributed by atoms with van der Waals surface area (Å²) in [6, 6.07) is 3.87. The topological polar surface area (TPSA) is 125 Å². The zero-order valence-electron chi connectivity index (χ0n) is 13.7. The number of nitrogen functional groups attached to an aromatic ring is 1. The lowest BCUT2D eigenvalue weighted by Gasteiger charge is -2.09. The summed E-state index contributed by atoms with van der Waals surface area (Å²) in [6.07, 6.45) is 0. The first-order valence-electron chi connectivity index (χ1n) is 7.03. The first-order valence-corrected chi connectivity index (χ1v) is 8.23. The van der Waals surface area contributed by atoms with Crippen LogP contribution in [0.25, 0.3) is 0 Å². The van der Waals surface area contributed by atoms with Crippen molar-refractivity contribution in [1.82, 2.24) is 0 Å². The second-order valence-corrected chi connectivity index (χ2v) is 6.36. The van der Waals surface area contributed by atoms with Crippen molar-refractivity contribution in [3.05, 3.63) is 44.8 Å². The van der Waals surface area contributed by atoms with Crippen molar-refractivity contribution in [2.75, 3.05) is 20.0 Å². The number of carbonyl (C=O) groups is 3. The molecule has 0 saturated carbocycles. The van der Waals surface area contributed by atoms with E-state index in [1.165, 1.54) is 18.2 Å². The van der Waals surface area contributed by atoms with Crippen molar-refractivity contribution in [3.63, 3.8) is 0 Å². The highest BCUT2D eigenvalue weighted by Gasteiger charge is 2.28. The Labute approximate surface area is 157 Å². The molecule has 0 aliphatic heterocycles. The van der Waals surface area contributed by atoms with E-state index in [-0.39, 0.29) is 37.3 Å². The summed E-state index contributed by atoms with van der Waals surface area (Å²) in [7, 11) is 2.32. The number of halogens is 1. The Balaban J connectivity index is 2.34. The van der Waals surface area contributed by atoms with Crippen LogP contribution in [0.5, 0.6) is 5.75 Å². The summed E-state index contributed by atoms with van der Waals surface area (Å²) < 4.78 is 14.4. The zero-order chi connectivity index (χ0) is 19.4. The van der Waals surface area contributed by atoms with Crippen molar-refractivity contribution in [2.45, 2.75) is 6.61 Å². The van der Waals surface area contributed by atoms with E-state index in [1.807, 2.05) is 0 Å². The van der Waals surface area contributed by atoms with Crippen LogP contribution in [0.15, 0.2) is 18.2 Å². The van der Waals surface area contributed by atoms with Crippen LogP contribution >= 0.6 is 22.9 Å². The normalized spacial score (nSPS) is 10.3. The molecule has 3 N–H and O–H groups in total. The molecule has 1 heterocycles. The number of esters is 3. The minimum atomic E-state index is -0.879. The molecular formula is C16H14ClNO7S. The van der Waals surface area contributed by atoms with Gasteiger partial charge in [0.25, 0.3) is 0 Å². The van der Waals surface area contributed by atoms with Gasteiger partial charge in [0.05, 0.1) is 14.2 Å². The first kappa shape index (κ1) is 19.5. The van der Waals surface area contributed by atoms with Crippen LogP contribution in [0.3, 0.4) is 0 Å². The number of anilines is 1. The summed E-state index contributed by atoms with van der Waals surface area (Å²) in [4.78, 5) is 36.0. The van der Waals surface area contributed by atoms with Crippen LogP contribution in [0.2, 0.25) is 5.02 Å². The van der Waals surface area contributed by atoms with Crippen molar-refractivity contribution >= 4 is 45.8 Å². The van der Waals surface area contributed by atoms with E-state index in [2.05, 4.69) is 9.47 Å². The lowest BCUT2D eigenvalue weighted by Crippen LogP contribution is -2.12. The number of aromatic hydroxyl groups is 1. The third-order valence-corrected chi connectivity index (χ3v) is 4.60. The number of carbonyl (C=O) groups excluding carboxylic acids is 3. The van der Waals surface area contributed by atoms with Crippen LogP contribution in [0.1, 0.15) is 36.0 Å². The van der Waals surface area contributed by atoms with E-state index in [1.54, 1.807) is 0 Å². The fraction of sp³-hybridized carbons (Fsp3) is 0.188. The quantitative estimate of drug-likeness (QED) is 0.580. The maximum absolute atomic E-state index is 12.2. The van der Waals surface area contributed by atoms with Crippen LogP contribution in [-0.4, -0.2) is 37.2 Å². The Morgan fingerprint density at radius 1 is 1.15 bits per heavy atom. The Kier molecular flexibility index (Phi) is 6.06. The van der Waals surface area contributed by atoms with E-state index in [4.69, 9.17) is 22.1 Å². The van der Waals surface area contributed by atoms with Gasteiger partial charge in [0, 0.05) is 10.6 Å². The first-order chi connectivity index (χ1) is 12.3. The number of hydrogen-bond donors (Lipinski definition) is 2. The third kappa shape index (κ3) is 3.89. The molecule has 0 aliphatic rings. The summed E-state index contributed by atoms with van der Waals surface area (Å²) in [5.41, 5.74) is 5.64. The van der Waals surface area contributed by atoms with Gasteiger partial charge in [-0.2, -0.15) is 0 Å².